The molecule has 0 spiro atoms. The molecular weight excluding hydrogens is 480 g/mol. The second-order valence-corrected chi connectivity index (χ2v) is 10.9. The molecule has 0 saturated heterocycles. The first kappa shape index (κ1) is 23.6. The number of carbonyl (C=O) groups is 2. The van der Waals surface area contributed by atoms with Crippen molar-refractivity contribution in [1.29, 1.82) is 0 Å². The summed E-state index contributed by atoms with van der Waals surface area (Å²) in [5.74, 6) is -0.193. The van der Waals surface area contributed by atoms with E-state index < -0.39 is 21.7 Å². The number of rotatable bonds is 9. The molecule has 2 heterocycles. The number of primary amides is 1. The van der Waals surface area contributed by atoms with Crippen LogP contribution in [0.1, 0.15) is 47.5 Å². The zero-order valence-corrected chi connectivity index (χ0v) is 20.0. The summed E-state index contributed by atoms with van der Waals surface area (Å²) < 4.78 is 36.2. The maximum atomic E-state index is 12.8. The third-order valence-corrected chi connectivity index (χ3v) is 7.62. The van der Waals surface area contributed by atoms with Gasteiger partial charge in [0.25, 0.3) is 11.8 Å². The highest BCUT2D eigenvalue weighted by molar-refractivity contribution is 7.92. The topological polar surface area (TPSA) is 151 Å². The average Bonchev–Trinajstić information content (AvgIpc) is 3.53. The lowest BCUT2D eigenvalue weighted by Gasteiger charge is -2.14. The van der Waals surface area contributed by atoms with Crippen LogP contribution in [0.25, 0.3) is 0 Å². The molecule has 0 radical (unpaired) electrons. The van der Waals surface area contributed by atoms with Crippen molar-refractivity contribution in [1.82, 2.24) is 9.97 Å². The summed E-state index contributed by atoms with van der Waals surface area (Å²) in [4.78, 5) is 32.1. The predicted octanol–water partition coefficient (Wildman–Crippen LogP) is 3.40. The SMILES string of the molecule is CC(C)Oc1cc(Oc2ccc(S(=O)(=O)C3CC3)nc2)cc(C(=O)Nc2nc(C(N)=O)cs2)c1. The molecule has 178 valence electrons. The van der Waals surface area contributed by atoms with Crippen LogP contribution >= 0.6 is 11.3 Å². The lowest BCUT2D eigenvalue weighted by Crippen LogP contribution is -2.14. The minimum absolute atomic E-state index is 0.0121. The van der Waals surface area contributed by atoms with Gasteiger partial charge in [-0.1, -0.05) is 0 Å². The lowest BCUT2D eigenvalue weighted by molar-refractivity contribution is 0.0992. The first-order valence-electron chi connectivity index (χ1n) is 10.4. The molecule has 0 aliphatic heterocycles. The van der Waals surface area contributed by atoms with Gasteiger partial charge in [0.2, 0.25) is 0 Å². The lowest BCUT2D eigenvalue weighted by atomic mass is 10.2. The number of ether oxygens (including phenoxy) is 2. The third-order valence-electron chi connectivity index (χ3n) is 4.69. The van der Waals surface area contributed by atoms with E-state index in [0.717, 1.165) is 11.3 Å². The molecule has 4 rings (SSSR count). The summed E-state index contributed by atoms with van der Waals surface area (Å²) in [6, 6.07) is 7.58. The Kier molecular flexibility index (Phi) is 6.53. The first-order chi connectivity index (χ1) is 16.1. The summed E-state index contributed by atoms with van der Waals surface area (Å²) in [7, 11) is -3.40. The molecule has 1 fully saturated rings. The van der Waals surface area contributed by atoms with E-state index in [0.29, 0.717) is 30.1 Å². The van der Waals surface area contributed by atoms with Gasteiger partial charge in [-0.3, -0.25) is 14.9 Å². The van der Waals surface area contributed by atoms with Gasteiger partial charge < -0.3 is 15.2 Å². The van der Waals surface area contributed by atoms with E-state index in [1.807, 2.05) is 13.8 Å². The summed E-state index contributed by atoms with van der Waals surface area (Å²) in [6.45, 7) is 3.69. The maximum Gasteiger partial charge on any atom is 0.268 e. The Balaban J connectivity index is 1.56. The number of hydrogen-bond donors (Lipinski definition) is 2. The van der Waals surface area contributed by atoms with Crippen LogP contribution in [0.2, 0.25) is 0 Å². The van der Waals surface area contributed by atoms with Gasteiger partial charge in [-0.15, -0.1) is 11.3 Å². The third kappa shape index (κ3) is 5.51. The standard InChI is InChI=1S/C22H22N4O6S2/c1-12(2)31-15-7-13(21(28)26-22-25-18(11-33-22)20(23)27)8-16(9-15)32-14-3-6-19(24-10-14)34(29,30)17-4-5-17/h3,6-12,17H,4-5H2,1-2H3,(H2,23,27)(H,25,26,28). The van der Waals surface area contributed by atoms with E-state index in [4.69, 9.17) is 15.2 Å². The largest absolute Gasteiger partial charge is 0.491 e. The molecule has 0 atom stereocenters. The van der Waals surface area contributed by atoms with Gasteiger partial charge in [0.1, 0.15) is 22.9 Å². The number of aromatic nitrogens is 2. The van der Waals surface area contributed by atoms with Crippen LogP contribution in [0.4, 0.5) is 5.13 Å². The Morgan fingerprint density at radius 2 is 1.88 bits per heavy atom. The van der Waals surface area contributed by atoms with Gasteiger partial charge in [0.15, 0.2) is 20.0 Å². The van der Waals surface area contributed by atoms with Crippen LogP contribution < -0.4 is 20.5 Å². The summed E-state index contributed by atoms with van der Waals surface area (Å²) in [5.41, 5.74) is 5.48. The Morgan fingerprint density at radius 3 is 2.47 bits per heavy atom. The number of benzene rings is 1. The van der Waals surface area contributed by atoms with Crippen LogP contribution in [0, 0.1) is 0 Å². The van der Waals surface area contributed by atoms with Gasteiger partial charge in [0.05, 0.1) is 17.6 Å². The summed E-state index contributed by atoms with van der Waals surface area (Å²) in [5, 5.41) is 3.94. The van der Waals surface area contributed by atoms with Crippen molar-refractivity contribution in [3.8, 4) is 17.2 Å². The van der Waals surface area contributed by atoms with Crippen molar-refractivity contribution >= 4 is 38.1 Å². The van der Waals surface area contributed by atoms with E-state index in [1.165, 1.54) is 29.8 Å². The smallest absolute Gasteiger partial charge is 0.268 e. The number of hydrogen-bond acceptors (Lipinski definition) is 9. The van der Waals surface area contributed by atoms with Crippen LogP contribution in [0.5, 0.6) is 17.2 Å². The second-order valence-electron chi connectivity index (χ2n) is 7.89. The number of nitrogens with two attached hydrogens (primary N) is 1. The first-order valence-corrected chi connectivity index (χ1v) is 12.8. The number of nitrogens with zero attached hydrogens (tertiary/aromatic N) is 2. The van der Waals surface area contributed by atoms with E-state index in [9.17, 15) is 18.0 Å². The fourth-order valence-electron chi connectivity index (χ4n) is 3.00. The Hall–Kier alpha value is -3.51. The minimum atomic E-state index is -3.40. The number of anilines is 1. The molecule has 34 heavy (non-hydrogen) atoms. The number of pyridine rings is 1. The van der Waals surface area contributed by atoms with E-state index >= 15 is 0 Å². The normalized spacial score (nSPS) is 13.5. The van der Waals surface area contributed by atoms with E-state index in [-0.39, 0.29) is 32.8 Å². The molecule has 1 aromatic carbocycles. The number of thiazole rings is 1. The molecule has 2 amide bonds. The van der Waals surface area contributed by atoms with Crippen LogP contribution in [-0.2, 0) is 9.84 Å². The number of nitrogens with one attached hydrogen (secondary N) is 1. The van der Waals surface area contributed by atoms with Gasteiger partial charge in [-0.2, -0.15) is 0 Å². The van der Waals surface area contributed by atoms with Crippen LogP contribution in [0.3, 0.4) is 0 Å². The summed E-state index contributed by atoms with van der Waals surface area (Å²) >= 11 is 1.07. The van der Waals surface area contributed by atoms with Gasteiger partial charge in [0, 0.05) is 17.0 Å². The molecule has 2 aromatic heterocycles. The molecule has 10 nitrogen and oxygen atoms in total. The monoisotopic (exact) mass is 502 g/mol. The van der Waals surface area contributed by atoms with Crippen molar-refractivity contribution in [2.45, 2.75) is 43.1 Å². The van der Waals surface area contributed by atoms with Crippen molar-refractivity contribution in [2.24, 2.45) is 5.73 Å². The summed E-state index contributed by atoms with van der Waals surface area (Å²) in [6.07, 6.45) is 2.48. The maximum absolute atomic E-state index is 12.8. The van der Waals surface area contributed by atoms with Crippen molar-refractivity contribution < 1.29 is 27.5 Å². The van der Waals surface area contributed by atoms with Crippen molar-refractivity contribution in [2.75, 3.05) is 5.32 Å². The molecule has 1 saturated carbocycles. The Bertz CT molecular complexity index is 1330. The van der Waals surface area contributed by atoms with Crippen LogP contribution in [0.15, 0.2) is 46.9 Å². The van der Waals surface area contributed by atoms with Crippen LogP contribution in [-0.4, -0.2) is 41.6 Å². The molecule has 3 N–H and O–H groups in total. The fraction of sp³-hybridized carbons (Fsp3) is 0.273. The van der Waals surface area contributed by atoms with E-state index in [1.54, 1.807) is 12.1 Å². The number of carbonyl (C=O) groups excluding carboxylic acids is 2. The molecular formula is C22H22N4O6S2. The van der Waals surface area contributed by atoms with Crippen molar-refractivity contribution in [3.05, 3.63) is 53.2 Å². The Morgan fingerprint density at radius 1 is 1.15 bits per heavy atom. The van der Waals surface area contributed by atoms with Gasteiger partial charge >= 0.3 is 0 Å². The quantitative estimate of drug-likeness (QED) is 0.452. The Labute approximate surface area is 200 Å². The highest BCUT2D eigenvalue weighted by Crippen LogP contribution is 2.34. The molecule has 3 aromatic rings. The zero-order chi connectivity index (χ0) is 24.5. The minimum Gasteiger partial charge on any atom is -0.491 e. The highest BCUT2D eigenvalue weighted by atomic mass is 32.2. The van der Waals surface area contributed by atoms with Gasteiger partial charge in [-0.05, 0) is 51.0 Å². The van der Waals surface area contributed by atoms with Crippen molar-refractivity contribution in [3.63, 3.8) is 0 Å². The molecule has 1 aliphatic rings. The van der Waals surface area contributed by atoms with Gasteiger partial charge in [-0.25, -0.2) is 18.4 Å². The number of sulfone groups is 1. The molecule has 0 bridgehead atoms. The predicted molar refractivity (Wildman–Crippen MR) is 125 cm³/mol. The number of amides is 2. The average molecular weight is 503 g/mol. The molecule has 12 heteroatoms. The highest BCUT2D eigenvalue weighted by Gasteiger charge is 2.37. The fourth-order valence-corrected chi connectivity index (χ4v) is 5.25. The zero-order valence-electron chi connectivity index (χ0n) is 18.3. The molecule has 1 aliphatic carbocycles. The second kappa shape index (κ2) is 9.39. The van der Waals surface area contributed by atoms with E-state index in [2.05, 4.69) is 15.3 Å². The molecule has 0 unspecified atom stereocenters.